The van der Waals surface area contributed by atoms with Gasteiger partial charge in [-0.1, -0.05) is 61.0 Å². The number of hydrogen-bond acceptors (Lipinski definition) is 3. The second kappa shape index (κ2) is 11.4. The topological polar surface area (TPSA) is 70.2 Å². The van der Waals surface area contributed by atoms with Gasteiger partial charge in [-0.15, -0.1) is 0 Å². The first-order chi connectivity index (χ1) is 13.1. The fourth-order valence-electron chi connectivity index (χ4n) is 2.67. The zero-order chi connectivity index (χ0) is 19.5. The number of halogens is 1. The Morgan fingerprint density at radius 3 is 2.37 bits per heavy atom. The predicted molar refractivity (Wildman–Crippen MR) is 109 cm³/mol. The fraction of sp³-hybridized carbons (Fsp3) is 0.333. The van der Waals surface area contributed by atoms with Crippen molar-refractivity contribution in [2.75, 3.05) is 19.6 Å². The summed E-state index contributed by atoms with van der Waals surface area (Å²) in [5.41, 5.74) is 1.27. The van der Waals surface area contributed by atoms with Crippen LogP contribution in [0.15, 0.2) is 54.6 Å². The molecule has 27 heavy (non-hydrogen) atoms. The summed E-state index contributed by atoms with van der Waals surface area (Å²) in [6.07, 6.45) is 1.21. The first-order valence-electron chi connectivity index (χ1n) is 9.19. The van der Waals surface area contributed by atoms with E-state index < -0.39 is 6.04 Å². The molecule has 2 rings (SSSR count). The van der Waals surface area contributed by atoms with Gasteiger partial charge in [0.25, 0.3) is 5.91 Å². The minimum atomic E-state index is -0.432. The standard InChI is InChI=1S/C21H26ClN3O2/c1-2-12-23-13-14-24-20(26)15-19(16-8-4-3-5-9-16)25-21(27)17-10-6-7-11-18(17)22/h3-11,19,23H,2,12-15H2,1H3,(H,24,26)(H,25,27). The Balaban J connectivity index is 2.01. The average molecular weight is 388 g/mol. The quantitative estimate of drug-likeness (QED) is 0.548. The molecule has 0 fully saturated rings. The lowest BCUT2D eigenvalue weighted by Gasteiger charge is -2.19. The van der Waals surface area contributed by atoms with Gasteiger partial charge in [0.2, 0.25) is 5.91 Å². The molecule has 6 heteroatoms. The summed E-state index contributed by atoms with van der Waals surface area (Å²) in [7, 11) is 0. The zero-order valence-electron chi connectivity index (χ0n) is 15.5. The van der Waals surface area contributed by atoms with Crippen LogP contribution in [0.2, 0.25) is 5.02 Å². The summed E-state index contributed by atoms with van der Waals surface area (Å²) in [4.78, 5) is 25.0. The van der Waals surface area contributed by atoms with Crippen molar-refractivity contribution in [1.82, 2.24) is 16.0 Å². The smallest absolute Gasteiger partial charge is 0.253 e. The molecule has 0 bridgehead atoms. The number of benzene rings is 2. The van der Waals surface area contributed by atoms with E-state index in [4.69, 9.17) is 11.6 Å². The molecule has 1 atom stereocenters. The number of rotatable bonds is 10. The van der Waals surface area contributed by atoms with Crippen LogP contribution in [-0.2, 0) is 4.79 Å². The van der Waals surface area contributed by atoms with Crippen molar-refractivity contribution in [1.29, 1.82) is 0 Å². The summed E-state index contributed by atoms with van der Waals surface area (Å²) in [5.74, 6) is -0.409. The lowest BCUT2D eigenvalue weighted by molar-refractivity contribution is -0.121. The molecule has 0 aromatic heterocycles. The van der Waals surface area contributed by atoms with Crippen LogP contribution < -0.4 is 16.0 Å². The lowest BCUT2D eigenvalue weighted by atomic mass is 10.0. The first-order valence-corrected chi connectivity index (χ1v) is 9.57. The Hall–Kier alpha value is -2.37. The monoisotopic (exact) mass is 387 g/mol. The van der Waals surface area contributed by atoms with E-state index in [0.29, 0.717) is 17.1 Å². The van der Waals surface area contributed by atoms with E-state index in [0.717, 1.165) is 25.1 Å². The maximum atomic E-state index is 12.6. The van der Waals surface area contributed by atoms with Gasteiger partial charge >= 0.3 is 0 Å². The van der Waals surface area contributed by atoms with Crippen molar-refractivity contribution < 1.29 is 9.59 Å². The maximum Gasteiger partial charge on any atom is 0.253 e. The molecule has 144 valence electrons. The zero-order valence-corrected chi connectivity index (χ0v) is 16.3. The SMILES string of the molecule is CCCNCCNC(=O)CC(NC(=O)c1ccccc1Cl)c1ccccc1. The highest BCUT2D eigenvalue weighted by Crippen LogP contribution is 2.20. The van der Waals surface area contributed by atoms with Crippen LogP contribution in [0.1, 0.15) is 41.7 Å². The van der Waals surface area contributed by atoms with Crippen LogP contribution in [0, 0.1) is 0 Å². The van der Waals surface area contributed by atoms with Crippen LogP contribution in [0.5, 0.6) is 0 Å². The second-order valence-corrected chi connectivity index (χ2v) is 6.63. The van der Waals surface area contributed by atoms with Crippen LogP contribution in [-0.4, -0.2) is 31.4 Å². The van der Waals surface area contributed by atoms with Crippen LogP contribution in [0.3, 0.4) is 0 Å². The molecule has 3 N–H and O–H groups in total. The highest BCUT2D eigenvalue weighted by Gasteiger charge is 2.20. The normalized spacial score (nSPS) is 11.6. The van der Waals surface area contributed by atoms with Gasteiger partial charge in [0.05, 0.1) is 23.0 Å². The molecule has 2 aromatic rings. The van der Waals surface area contributed by atoms with Gasteiger partial charge in [-0.25, -0.2) is 0 Å². The van der Waals surface area contributed by atoms with Crippen molar-refractivity contribution in [3.8, 4) is 0 Å². The van der Waals surface area contributed by atoms with Gasteiger partial charge in [-0.3, -0.25) is 9.59 Å². The summed E-state index contributed by atoms with van der Waals surface area (Å²) >= 11 is 6.12. The van der Waals surface area contributed by atoms with E-state index in [9.17, 15) is 9.59 Å². The van der Waals surface area contributed by atoms with Crippen molar-refractivity contribution in [3.63, 3.8) is 0 Å². The van der Waals surface area contributed by atoms with Gasteiger partial charge in [0.1, 0.15) is 0 Å². The number of hydrogen-bond donors (Lipinski definition) is 3. The molecule has 0 aliphatic heterocycles. The van der Waals surface area contributed by atoms with Crippen molar-refractivity contribution in [2.24, 2.45) is 0 Å². The van der Waals surface area contributed by atoms with Gasteiger partial charge in [-0.2, -0.15) is 0 Å². The van der Waals surface area contributed by atoms with Crippen molar-refractivity contribution >= 4 is 23.4 Å². The molecule has 0 heterocycles. The number of nitrogens with one attached hydrogen (secondary N) is 3. The second-order valence-electron chi connectivity index (χ2n) is 6.22. The Bertz CT molecular complexity index is 737. The van der Waals surface area contributed by atoms with Crippen LogP contribution in [0.25, 0.3) is 0 Å². The molecule has 2 amide bonds. The minimum absolute atomic E-state index is 0.110. The molecular weight excluding hydrogens is 362 g/mol. The van der Waals surface area contributed by atoms with E-state index in [1.807, 2.05) is 30.3 Å². The fourth-order valence-corrected chi connectivity index (χ4v) is 2.89. The number of amides is 2. The molecule has 1 unspecified atom stereocenters. The molecule has 0 radical (unpaired) electrons. The molecule has 0 aliphatic carbocycles. The van der Waals surface area contributed by atoms with E-state index >= 15 is 0 Å². The third kappa shape index (κ3) is 7.04. The van der Waals surface area contributed by atoms with Gasteiger partial charge in [-0.05, 0) is 30.7 Å². The third-order valence-electron chi connectivity index (χ3n) is 4.07. The molecule has 0 aliphatic rings. The van der Waals surface area contributed by atoms with Gasteiger partial charge in [0, 0.05) is 13.1 Å². The summed E-state index contributed by atoms with van der Waals surface area (Å²) in [6.45, 7) is 4.30. The van der Waals surface area contributed by atoms with Crippen molar-refractivity contribution in [3.05, 3.63) is 70.7 Å². The van der Waals surface area contributed by atoms with Gasteiger partial charge in [0.15, 0.2) is 0 Å². The van der Waals surface area contributed by atoms with E-state index in [1.54, 1.807) is 24.3 Å². The minimum Gasteiger partial charge on any atom is -0.355 e. The van der Waals surface area contributed by atoms with E-state index in [-0.39, 0.29) is 18.2 Å². The molecule has 0 saturated carbocycles. The highest BCUT2D eigenvalue weighted by molar-refractivity contribution is 6.33. The first kappa shape index (κ1) is 20.9. The largest absolute Gasteiger partial charge is 0.355 e. The molecule has 0 spiro atoms. The molecular formula is C21H26ClN3O2. The summed E-state index contributed by atoms with van der Waals surface area (Å²) in [5, 5.41) is 9.44. The molecule has 0 saturated heterocycles. The maximum absolute atomic E-state index is 12.6. The summed E-state index contributed by atoms with van der Waals surface area (Å²) < 4.78 is 0. The molecule has 5 nitrogen and oxygen atoms in total. The predicted octanol–water partition coefficient (Wildman–Crippen LogP) is 3.32. The highest BCUT2D eigenvalue weighted by atomic mass is 35.5. The Morgan fingerprint density at radius 2 is 1.67 bits per heavy atom. The number of carbonyl (C=O) groups excluding carboxylic acids is 2. The van der Waals surface area contributed by atoms with Crippen LogP contribution in [0.4, 0.5) is 0 Å². The van der Waals surface area contributed by atoms with E-state index in [1.165, 1.54) is 0 Å². The lowest BCUT2D eigenvalue weighted by Crippen LogP contribution is -2.36. The van der Waals surface area contributed by atoms with Gasteiger partial charge < -0.3 is 16.0 Å². The van der Waals surface area contributed by atoms with Crippen molar-refractivity contribution in [2.45, 2.75) is 25.8 Å². The Morgan fingerprint density at radius 1 is 0.963 bits per heavy atom. The summed E-state index contributed by atoms with van der Waals surface area (Å²) in [6, 6.07) is 15.9. The number of carbonyl (C=O) groups is 2. The van der Waals surface area contributed by atoms with Crippen LogP contribution >= 0.6 is 11.6 Å². The Labute approximate surface area is 165 Å². The van der Waals surface area contributed by atoms with E-state index in [2.05, 4.69) is 22.9 Å². The Kier molecular flexibility index (Phi) is 8.81. The average Bonchev–Trinajstić information content (AvgIpc) is 2.68. The molecule has 2 aromatic carbocycles. The third-order valence-corrected chi connectivity index (χ3v) is 4.40.